The topological polar surface area (TPSA) is 12.0 Å². The van der Waals surface area contributed by atoms with Crippen LogP contribution in [0.3, 0.4) is 0 Å². The lowest BCUT2D eigenvalue weighted by atomic mass is 9.78. The third-order valence-electron chi connectivity index (χ3n) is 4.61. The van der Waals surface area contributed by atoms with Gasteiger partial charge in [0.2, 0.25) is 0 Å². The van der Waals surface area contributed by atoms with Crippen LogP contribution in [0.2, 0.25) is 0 Å². The van der Waals surface area contributed by atoms with Gasteiger partial charge in [0.05, 0.1) is 5.56 Å². The third-order valence-corrected chi connectivity index (χ3v) is 4.61. The Bertz CT molecular complexity index is 484. The molecule has 0 radical (unpaired) electrons. The molecule has 0 spiro atoms. The summed E-state index contributed by atoms with van der Waals surface area (Å²) in [5.74, 6) is -0.0950. The summed E-state index contributed by atoms with van der Waals surface area (Å²) >= 11 is 0. The lowest BCUT2D eigenvalue weighted by molar-refractivity contribution is -0.140. The maximum absolute atomic E-state index is 13.2. The molecule has 0 saturated heterocycles. The van der Waals surface area contributed by atoms with E-state index in [1.165, 1.54) is 12.5 Å². The van der Waals surface area contributed by atoms with Crippen LogP contribution in [0, 0.1) is 17.7 Å². The molecule has 3 atom stereocenters. The average Bonchev–Trinajstić information content (AvgIpc) is 2.40. The Morgan fingerprint density at radius 3 is 2.57 bits per heavy atom. The first-order valence-corrected chi connectivity index (χ1v) is 7.38. The molecule has 0 aromatic heterocycles. The second-order valence-corrected chi connectivity index (χ2v) is 6.07. The molecular weight excluding hydrogens is 282 g/mol. The smallest absolute Gasteiger partial charge is 0.310 e. The quantitative estimate of drug-likeness (QED) is 0.794. The minimum atomic E-state index is -4.65. The Labute approximate surface area is 122 Å². The van der Waals surface area contributed by atoms with Crippen molar-refractivity contribution in [2.24, 2.45) is 11.8 Å². The second kappa shape index (κ2) is 6.34. The summed E-state index contributed by atoms with van der Waals surface area (Å²) < 4.78 is 51.3. The van der Waals surface area contributed by atoms with Crippen molar-refractivity contribution in [3.8, 4) is 0 Å². The van der Waals surface area contributed by atoms with Gasteiger partial charge in [-0.05, 0) is 36.0 Å². The Balaban J connectivity index is 2.03. The van der Waals surface area contributed by atoms with Gasteiger partial charge >= 0.3 is 6.18 Å². The summed E-state index contributed by atoms with van der Waals surface area (Å²) in [5.41, 5.74) is -0.721. The molecular formula is C16H21F4N. The Kier molecular flexibility index (Phi) is 4.91. The van der Waals surface area contributed by atoms with Crippen LogP contribution in [0.4, 0.5) is 17.6 Å². The monoisotopic (exact) mass is 303 g/mol. The maximum Gasteiger partial charge on any atom is 0.419 e. The fourth-order valence-corrected chi connectivity index (χ4v) is 3.02. The van der Waals surface area contributed by atoms with Crippen molar-refractivity contribution >= 4 is 0 Å². The molecule has 1 N–H and O–H groups in total. The van der Waals surface area contributed by atoms with Gasteiger partial charge in [0.1, 0.15) is 5.82 Å². The summed E-state index contributed by atoms with van der Waals surface area (Å²) in [4.78, 5) is 0. The maximum atomic E-state index is 13.2. The van der Waals surface area contributed by atoms with Gasteiger partial charge in [0, 0.05) is 12.6 Å². The van der Waals surface area contributed by atoms with Crippen molar-refractivity contribution in [1.29, 1.82) is 0 Å². The minimum absolute atomic E-state index is 0.313. The second-order valence-electron chi connectivity index (χ2n) is 6.07. The number of halogens is 4. The minimum Gasteiger partial charge on any atom is -0.310 e. The number of hydrogen-bond donors (Lipinski definition) is 1. The molecule has 21 heavy (non-hydrogen) atoms. The zero-order chi connectivity index (χ0) is 15.6. The molecule has 1 aliphatic carbocycles. The molecule has 1 nitrogen and oxygen atoms in total. The summed E-state index contributed by atoms with van der Waals surface area (Å²) in [6.45, 7) is 4.72. The highest BCUT2D eigenvalue weighted by Crippen LogP contribution is 2.32. The van der Waals surface area contributed by atoms with Crippen molar-refractivity contribution in [2.75, 3.05) is 0 Å². The number of hydrogen-bond acceptors (Lipinski definition) is 1. The largest absolute Gasteiger partial charge is 0.419 e. The van der Waals surface area contributed by atoms with E-state index in [1.807, 2.05) is 0 Å². The fraction of sp³-hybridized carbons (Fsp3) is 0.625. The lowest BCUT2D eigenvalue weighted by Gasteiger charge is -2.34. The summed E-state index contributed by atoms with van der Waals surface area (Å²) in [6, 6.07) is 3.52. The van der Waals surface area contributed by atoms with E-state index in [4.69, 9.17) is 0 Å². The van der Waals surface area contributed by atoms with Crippen LogP contribution >= 0.6 is 0 Å². The first kappa shape index (κ1) is 16.3. The highest BCUT2D eigenvalue weighted by atomic mass is 19.4. The predicted molar refractivity (Wildman–Crippen MR) is 74.2 cm³/mol. The van der Waals surface area contributed by atoms with Crippen LogP contribution in [0.15, 0.2) is 18.2 Å². The van der Waals surface area contributed by atoms with E-state index < -0.39 is 17.6 Å². The summed E-state index contributed by atoms with van der Waals surface area (Å²) in [7, 11) is 0. The van der Waals surface area contributed by atoms with E-state index in [0.717, 1.165) is 25.0 Å². The number of benzene rings is 1. The molecule has 3 unspecified atom stereocenters. The zero-order valence-corrected chi connectivity index (χ0v) is 12.3. The van der Waals surface area contributed by atoms with Gasteiger partial charge in [-0.25, -0.2) is 4.39 Å². The van der Waals surface area contributed by atoms with E-state index in [-0.39, 0.29) is 0 Å². The van der Waals surface area contributed by atoms with Gasteiger partial charge in [0.15, 0.2) is 0 Å². The standard InChI is InChI=1S/C16H21F4N/c1-10-4-3-5-15(11(10)2)21-9-12-6-7-14(17)13(8-12)16(18,19)20/h6-8,10-11,15,21H,3-5,9H2,1-2H3. The van der Waals surface area contributed by atoms with Crippen LogP contribution in [0.5, 0.6) is 0 Å². The van der Waals surface area contributed by atoms with Crippen molar-refractivity contribution < 1.29 is 17.6 Å². The van der Waals surface area contributed by atoms with E-state index in [2.05, 4.69) is 19.2 Å². The van der Waals surface area contributed by atoms with E-state index >= 15 is 0 Å². The molecule has 0 amide bonds. The van der Waals surface area contributed by atoms with E-state index in [9.17, 15) is 17.6 Å². The van der Waals surface area contributed by atoms with Gasteiger partial charge < -0.3 is 5.32 Å². The van der Waals surface area contributed by atoms with Crippen LogP contribution in [0.25, 0.3) is 0 Å². The molecule has 0 heterocycles. The van der Waals surface area contributed by atoms with Gasteiger partial charge in [-0.1, -0.05) is 32.8 Å². The Morgan fingerprint density at radius 1 is 1.19 bits per heavy atom. The number of nitrogens with one attached hydrogen (secondary N) is 1. The van der Waals surface area contributed by atoms with Crippen molar-refractivity contribution in [3.05, 3.63) is 35.1 Å². The first-order chi connectivity index (χ1) is 9.79. The molecule has 0 aliphatic heterocycles. The van der Waals surface area contributed by atoms with Gasteiger partial charge in [0.25, 0.3) is 0 Å². The van der Waals surface area contributed by atoms with E-state index in [1.54, 1.807) is 0 Å². The normalized spacial score (nSPS) is 26.9. The van der Waals surface area contributed by atoms with Gasteiger partial charge in [-0.2, -0.15) is 13.2 Å². The average molecular weight is 303 g/mol. The number of rotatable bonds is 3. The molecule has 1 saturated carbocycles. The fourth-order valence-electron chi connectivity index (χ4n) is 3.02. The first-order valence-electron chi connectivity index (χ1n) is 7.38. The van der Waals surface area contributed by atoms with Crippen LogP contribution in [-0.2, 0) is 12.7 Å². The van der Waals surface area contributed by atoms with Gasteiger partial charge in [-0.15, -0.1) is 0 Å². The van der Waals surface area contributed by atoms with Crippen LogP contribution < -0.4 is 5.32 Å². The molecule has 0 bridgehead atoms. The molecule has 1 aromatic rings. The van der Waals surface area contributed by atoms with Crippen molar-refractivity contribution in [3.63, 3.8) is 0 Å². The molecule has 118 valence electrons. The number of alkyl halides is 3. The molecule has 1 fully saturated rings. The van der Waals surface area contributed by atoms with E-state index in [0.29, 0.717) is 30.0 Å². The highest BCUT2D eigenvalue weighted by Gasteiger charge is 2.34. The Morgan fingerprint density at radius 2 is 1.90 bits per heavy atom. The summed E-state index contributed by atoms with van der Waals surface area (Å²) in [5, 5.41) is 3.33. The van der Waals surface area contributed by atoms with Crippen LogP contribution in [0.1, 0.15) is 44.2 Å². The van der Waals surface area contributed by atoms with Gasteiger partial charge in [-0.3, -0.25) is 0 Å². The third kappa shape index (κ3) is 3.96. The molecule has 1 aliphatic rings. The van der Waals surface area contributed by atoms with Crippen molar-refractivity contribution in [1.82, 2.24) is 5.32 Å². The molecule has 5 heteroatoms. The Hall–Kier alpha value is -1.10. The molecule has 2 rings (SSSR count). The SMILES string of the molecule is CC1CCCC(NCc2ccc(F)c(C(F)(F)F)c2)C1C. The summed E-state index contributed by atoms with van der Waals surface area (Å²) in [6.07, 6.45) is -1.26. The molecule has 1 aromatic carbocycles. The van der Waals surface area contributed by atoms with Crippen LogP contribution in [-0.4, -0.2) is 6.04 Å². The predicted octanol–water partition coefficient (Wildman–Crippen LogP) is 4.76. The highest BCUT2D eigenvalue weighted by molar-refractivity contribution is 5.27. The lowest BCUT2D eigenvalue weighted by Crippen LogP contribution is -2.40. The van der Waals surface area contributed by atoms with Crippen molar-refractivity contribution in [2.45, 2.75) is 51.9 Å². The zero-order valence-electron chi connectivity index (χ0n) is 12.3.